The molecule has 0 N–H and O–H groups in total. The van der Waals surface area contributed by atoms with Gasteiger partial charge in [-0.3, -0.25) is 4.79 Å². The Hall–Kier alpha value is -1.95. The molecular weight excluding hydrogens is 308 g/mol. The summed E-state index contributed by atoms with van der Waals surface area (Å²) >= 11 is 1.57. The topological polar surface area (TPSA) is 49.3 Å². The van der Waals surface area contributed by atoms with Crippen LogP contribution >= 0.6 is 11.3 Å². The van der Waals surface area contributed by atoms with E-state index in [1.54, 1.807) is 11.3 Å². The zero-order valence-electron chi connectivity index (χ0n) is 13.2. The summed E-state index contributed by atoms with van der Waals surface area (Å²) < 4.78 is 0. The maximum atomic E-state index is 12.5. The van der Waals surface area contributed by atoms with Crippen molar-refractivity contribution in [3.8, 4) is 0 Å². The monoisotopic (exact) mass is 328 g/mol. The van der Waals surface area contributed by atoms with Gasteiger partial charge in [-0.1, -0.05) is 0 Å². The average Bonchev–Trinajstić information content (AvgIpc) is 3.36. The van der Waals surface area contributed by atoms with E-state index in [4.69, 9.17) is 0 Å². The molecule has 0 aromatic carbocycles. The van der Waals surface area contributed by atoms with Crippen LogP contribution in [0.3, 0.4) is 0 Å². The molecule has 1 amide bonds. The molecule has 2 fully saturated rings. The van der Waals surface area contributed by atoms with Crippen LogP contribution in [0.15, 0.2) is 24.3 Å². The number of carbonyl (C=O) groups is 1. The van der Waals surface area contributed by atoms with Crippen molar-refractivity contribution in [3.63, 3.8) is 0 Å². The van der Waals surface area contributed by atoms with Crippen LogP contribution in [0.5, 0.6) is 0 Å². The van der Waals surface area contributed by atoms with Crippen molar-refractivity contribution < 1.29 is 4.79 Å². The summed E-state index contributed by atoms with van der Waals surface area (Å²) in [6, 6.07) is 8.11. The molecule has 0 bridgehead atoms. The molecular formula is C17H20N4OS. The Labute approximate surface area is 139 Å². The number of aromatic nitrogens is 2. The molecule has 1 aliphatic carbocycles. The van der Waals surface area contributed by atoms with Gasteiger partial charge in [-0.2, -0.15) is 5.10 Å². The number of nitrogens with zero attached hydrogens (tertiary/aromatic N) is 4. The molecule has 5 nitrogen and oxygen atoms in total. The van der Waals surface area contributed by atoms with Gasteiger partial charge in [-0.25, -0.2) is 0 Å². The molecule has 2 aromatic rings. The van der Waals surface area contributed by atoms with Gasteiger partial charge in [0.05, 0.1) is 10.6 Å². The first-order valence-corrected chi connectivity index (χ1v) is 8.96. The van der Waals surface area contributed by atoms with E-state index in [0.717, 1.165) is 42.6 Å². The van der Waals surface area contributed by atoms with Crippen LogP contribution in [0.2, 0.25) is 0 Å². The Bertz CT molecular complexity index is 700. The molecule has 2 aliphatic rings. The molecule has 0 radical (unpaired) electrons. The summed E-state index contributed by atoms with van der Waals surface area (Å²) in [5.74, 6) is 1.71. The first-order chi connectivity index (χ1) is 11.2. The predicted octanol–water partition coefficient (Wildman–Crippen LogP) is 2.69. The quantitative estimate of drug-likeness (QED) is 0.869. The number of amides is 1. The molecule has 6 heteroatoms. The summed E-state index contributed by atoms with van der Waals surface area (Å²) in [4.78, 5) is 18.6. The minimum absolute atomic E-state index is 0.151. The fourth-order valence-corrected chi connectivity index (χ4v) is 3.78. The Morgan fingerprint density at radius 2 is 1.87 bits per heavy atom. The summed E-state index contributed by atoms with van der Waals surface area (Å²) in [5, 5.41) is 8.72. The third kappa shape index (κ3) is 3.08. The lowest BCUT2D eigenvalue weighted by Crippen LogP contribution is -2.49. The van der Waals surface area contributed by atoms with E-state index in [-0.39, 0.29) is 5.91 Å². The van der Waals surface area contributed by atoms with Crippen molar-refractivity contribution in [2.75, 3.05) is 31.1 Å². The molecule has 1 saturated heterocycles. The molecule has 23 heavy (non-hydrogen) atoms. The second-order valence-electron chi connectivity index (χ2n) is 6.28. The summed E-state index contributed by atoms with van der Waals surface area (Å²) in [5.41, 5.74) is 1.12. The van der Waals surface area contributed by atoms with Gasteiger partial charge in [0.2, 0.25) is 0 Å². The highest BCUT2D eigenvalue weighted by Crippen LogP contribution is 2.38. The van der Waals surface area contributed by atoms with E-state index in [2.05, 4.69) is 27.2 Å². The number of carbonyl (C=O) groups excluding carboxylic acids is 1. The first kappa shape index (κ1) is 14.6. The molecule has 0 atom stereocenters. The van der Waals surface area contributed by atoms with Gasteiger partial charge >= 0.3 is 0 Å². The first-order valence-electron chi connectivity index (χ1n) is 8.15. The van der Waals surface area contributed by atoms with Crippen molar-refractivity contribution in [2.45, 2.75) is 25.7 Å². The fourth-order valence-electron chi connectivity index (χ4n) is 2.94. The highest BCUT2D eigenvalue weighted by molar-refractivity contribution is 7.13. The number of hydrogen-bond donors (Lipinski definition) is 0. The second kappa shape index (κ2) is 5.92. The van der Waals surface area contributed by atoms with E-state index in [9.17, 15) is 4.79 Å². The van der Waals surface area contributed by atoms with Crippen molar-refractivity contribution in [1.82, 2.24) is 15.1 Å². The number of thiophene rings is 1. The number of hydrogen-bond acceptors (Lipinski definition) is 5. The molecule has 3 heterocycles. The summed E-state index contributed by atoms with van der Waals surface area (Å²) in [6.45, 7) is 5.13. The number of aryl methyl sites for hydroxylation is 1. The lowest BCUT2D eigenvalue weighted by atomic mass is 10.2. The maximum absolute atomic E-state index is 12.5. The number of piperazine rings is 1. The predicted molar refractivity (Wildman–Crippen MR) is 91.2 cm³/mol. The highest BCUT2D eigenvalue weighted by atomic mass is 32.1. The van der Waals surface area contributed by atoms with Crippen molar-refractivity contribution >= 4 is 23.1 Å². The Morgan fingerprint density at radius 1 is 1.09 bits per heavy atom. The van der Waals surface area contributed by atoms with Crippen LogP contribution in [-0.4, -0.2) is 47.2 Å². The normalized spacial score (nSPS) is 18.3. The van der Waals surface area contributed by atoms with Crippen LogP contribution in [0.4, 0.5) is 5.82 Å². The van der Waals surface area contributed by atoms with E-state index < -0.39 is 0 Å². The molecule has 1 aliphatic heterocycles. The molecule has 1 saturated carbocycles. The number of anilines is 1. The fraction of sp³-hybridized carbons (Fsp3) is 0.471. The summed E-state index contributed by atoms with van der Waals surface area (Å²) in [6.07, 6.45) is 2.49. The average molecular weight is 328 g/mol. The molecule has 0 unspecified atom stereocenters. The van der Waals surface area contributed by atoms with Crippen LogP contribution < -0.4 is 4.90 Å². The minimum atomic E-state index is 0.151. The van der Waals surface area contributed by atoms with Crippen molar-refractivity contribution in [3.05, 3.63) is 39.7 Å². The van der Waals surface area contributed by atoms with Gasteiger partial charge in [0.1, 0.15) is 0 Å². The summed E-state index contributed by atoms with van der Waals surface area (Å²) in [7, 11) is 0. The lowest BCUT2D eigenvalue weighted by molar-refractivity contribution is 0.0751. The maximum Gasteiger partial charge on any atom is 0.264 e. The van der Waals surface area contributed by atoms with E-state index in [1.807, 2.05) is 24.0 Å². The Balaban J connectivity index is 1.37. The second-order valence-corrected chi connectivity index (χ2v) is 7.57. The molecule has 120 valence electrons. The van der Waals surface area contributed by atoms with Crippen LogP contribution in [0.1, 0.15) is 39.0 Å². The lowest BCUT2D eigenvalue weighted by Gasteiger charge is -2.35. The third-order valence-corrected chi connectivity index (χ3v) is 5.50. The van der Waals surface area contributed by atoms with Crippen LogP contribution in [0.25, 0.3) is 0 Å². The van der Waals surface area contributed by atoms with Gasteiger partial charge in [0, 0.05) is 37.0 Å². The van der Waals surface area contributed by atoms with E-state index in [1.165, 1.54) is 17.7 Å². The van der Waals surface area contributed by atoms with Crippen LogP contribution in [-0.2, 0) is 0 Å². The van der Waals surface area contributed by atoms with Gasteiger partial charge in [0.25, 0.3) is 5.91 Å². The van der Waals surface area contributed by atoms with Gasteiger partial charge in [-0.05, 0) is 44.0 Å². The molecule has 0 spiro atoms. The number of rotatable bonds is 3. The van der Waals surface area contributed by atoms with Gasteiger partial charge in [-0.15, -0.1) is 16.4 Å². The van der Waals surface area contributed by atoms with E-state index in [0.29, 0.717) is 5.92 Å². The van der Waals surface area contributed by atoms with Gasteiger partial charge in [0.15, 0.2) is 5.82 Å². The Morgan fingerprint density at radius 3 is 2.43 bits per heavy atom. The van der Waals surface area contributed by atoms with Gasteiger partial charge < -0.3 is 9.80 Å². The van der Waals surface area contributed by atoms with Crippen molar-refractivity contribution in [1.29, 1.82) is 0 Å². The Kier molecular flexibility index (Phi) is 3.77. The molecule has 4 rings (SSSR count). The highest BCUT2D eigenvalue weighted by Gasteiger charge is 2.27. The third-order valence-electron chi connectivity index (χ3n) is 4.51. The molecule has 2 aromatic heterocycles. The minimum Gasteiger partial charge on any atom is -0.352 e. The van der Waals surface area contributed by atoms with E-state index >= 15 is 0 Å². The van der Waals surface area contributed by atoms with Crippen molar-refractivity contribution in [2.24, 2.45) is 0 Å². The van der Waals surface area contributed by atoms with Crippen LogP contribution in [0, 0.1) is 6.92 Å². The smallest absolute Gasteiger partial charge is 0.264 e. The SMILES string of the molecule is Cc1ccc(C(=O)N2CCN(c3ccc(C4CC4)nn3)CC2)s1. The zero-order valence-corrected chi connectivity index (χ0v) is 14.1. The zero-order chi connectivity index (χ0) is 15.8. The largest absolute Gasteiger partial charge is 0.352 e. The standard InChI is InChI=1S/C17H20N4OS/c1-12-2-6-15(23-12)17(22)21-10-8-20(9-11-21)16-7-5-14(18-19-16)13-3-4-13/h2,5-7,13H,3-4,8-11H2,1H3.